The van der Waals surface area contributed by atoms with Crippen molar-refractivity contribution in [3.8, 4) is 0 Å². The third-order valence-electron chi connectivity index (χ3n) is 2.37. The van der Waals surface area contributed by atoms with Crippen LogP contribution in [-0.2, 0) is 5.54 Å². The minimum atomic E-state index is -0.578. The van der Waals surface area contributed by atoms with Crippen molar-refractivity contribution in [1.29, 1.82) is 0 Å². The Morgan fingerprint density at radius 3 is 2.62 bits per heavy atom. The molecule has 0 amide bonds. The van der Waals surface area contributed by atoms with Crippen LogP contribution in [0.2, 0.25) is 0 Å². The number of rotatable bonds is 1. The Labute approximate surface area is 99.9 Å². The van der Waals surface area contributed by atoms with Crippen LogP contribution in [0.25, 0.3) is 5.52 Å². The molecule has 88 valence electrons. The van der Waals surface area contributed by atoms with Crippen molar-refractivity contribution >= 4 is 17.9 Å². The van der Waals surface area contributed by atoms with Crippen LogP contribution in [0, 0.1) is 12.7 Å². The van der Waals surface area contributed by atoms with E-state index in [-0.39, 0.29) is 18.2 Å². The van der Waals surface area contributed by atoms with Crippen molar-refractivity contribution in [1.82, 2.24) is 9.38 Å². The summed E-state index contributed by atoms with van der Waals surface area (Å²) in [4.78, 5) is 4.32. The number of fused-ring (bicyclic) bond motifs is 1. The first-order valence-corrected chi connectivity index (χ1v) is 4.84. The van der Waals surface area contributed by atoms with Crippen molar-refractivity contribution < 1.29 is 4.39 Å². The Morgan fingerprint density at radius 1 is 1.44 bits per heavy atom. The molecule has 0 atom stereocenters. The van der Waals surface area contributed by atoms with Crippen LogP contribution < -0.4 is 5.73 Å². The van der Waals surface area contributed by atoms with Gasteiger partial charge in [0.25, 0.3) is 0 Å². The fraction of sp³-hybridized carbons (Fsp3) is 0.364. The van der Waals surface area contributed by atoms with Gasteiger partial charge in [-0.2, -0.15) is 0 Å². The third kappa shape index (κ3) is 1.90. The predicted molar refractivity (Wildman–Crippen MR) is 64.3 cm³/mol. The SMILES string of the molecule is Cc1nc(C(C)(C)N)n2cccc(F)c12.Cl. The monoisotopic (exact) mass is 243 g/mol. The number of hydrogen-bond donors (Lipinski definition) is 1. The molecule has 0 saturated carbocycles. The first kappa shape index (κ1) is 12.9. The summed E-state index contributed by atoms with van der Waals surface area (Å²) in [5.41, 5.74) is 6.58. The van der Waals surface area contributed by atoms with Crippen LogP contribution in [0.1, 0.15) is 25.4 Å². The third-order valence-corrected chi connectivity index (χ3v) is 2.37. The first-order valence-electron chi connectivity index (χ1n) is 4.84. The lowest BCUT2D eigenvalue weighted by molar-refractivity contribution is 0.510. The maximum absolute atomic E-state index is 13.5. The Kier molecular flexibility index (Phi) is 3.26. The maximum atomic E-state index is 13.5. The summed E-state index contributed by atoms with van der Waals surface area (Å²) in [5, 5.41) is 0. The molecule has 0 aromatic carbocycles. The molecule has 0 radical (unpaired) electrons. The molecule has 0 aliphatic heterocycles. The number of pyridine rings is 1. The molecule has 2 heterocycles. The maximum Gasteiger partial charge on any atom is 0.149 e. The van der Waals surface area contributed by atoms with Crippen LogP contribution >= 0.6 is 12.4 Å². The van der Waals surface area contributed by atoms with Crippen LogP contribution in [0.4, 0.5) is 4.39 Å². The van der Waals surface area contributed by atoms with Crippen molar-refractivity contribution in [2.24, 2.45) is 5.73 Å². The van der Waals surface area contributed by atoms with E-state index in [1.54, 1.807) is 23.6 Å². The molecule has 0 aliphatic rings. The van der Waals surface area contributed by atoms with Gasteiger partial charge >= 0.3 is 0 Å². The van der Waals surface area contributed by atoms with Gasteiger partial charge in [0.15, 0.2) is 0 Å². The molecule has 2 aromatic rings. The summed E-state index contributed by atoms with van der Waals surface area (Å²) >= 11 is 0. The molecule has 2 N–H and O–H groups in total. The number of hydrogen-bond acceptors (Lipinski definition) is 2. The summed E-state index contributed by atoms with van der Waals surface area (Å²) < 4.78 is 15.3. The average molecular weight is 244 g/mol. The fourth-order valence-corrected chi connectivity index (χ4v) is 1.73. The second kappa shape index (κ2) is 4.03. The van der Waals surface area contributed by atoms with E-state index in [9.17, 15) is 4.39 Å². The van der Waals surface area contributed by atoms with Crippen molar-refractivity contribution in [3.05, 3.63) is 35.7 Å². The van der Waals surface area contributed by atoms with Gasteiger partial charge in [-0.25, -0.2) is 9.37 Å². The summed E-state index contributed by atoms with van der Waals surface area (Å²) in [7, 11) is 0. The van der Waals surface area contributed by atoms with Crippen LogP contribution in [0.3, 0.4) is 0 Å². The second-order valence-corrected chi connectivity index (χ2v) is 4.32. The van der Waals surface area contributed by atoms with Gasteiger partial charge < -0.3 is 5.73 Å². The highest BCUT2D eigenvalue weighted by molar-refractivity contribution is 5.85. The fourth-order valence-electron chi connectivity index (χ4n) is 1.73. The molecule has 0 spiro atoms. The number of aryl methyl sites for hydroxylation is 1. The van der Waals surface area contributed by atoms with E-state index in [0.717, 1.165) is 0 Å². The van der Waals surface area contributed by atoms with Gasteiger partial charge in [0.05, 0.1) is 11.2 Å². The summed E-state index contributed by atoms with van der Waals surface area (Å²) in [6.07, 6.45) is 1.78. The van der Waals surface area contributed by atoms with E-state index in [1.165, 1.54) is 6.07 Å². The lowest BCUT2D eigenvalue weighted by Crippen LogP contribution is -2.31. The smallest absolute Gasteiger partial charge is 0.149 e. The summed E-state index contributed by atoms with van der Waals surface area (Å²) in [6, 6.07) is 3.08. The highest BCUT2D eigenvalue weighted by Crippen LogP contribution is 2.22. The lowest BCUT2D eigenvalue weighted by atomic mass is 10.1. The van der Waals surface area contributed by atoms with Gasteiger partial charge in [-0.05, 0) is 32.9 Å². The molecule has 0 bridgehead atoms. The van der Waals surface area contributed by atoms with Gasteiger partial charge in [-0.3, -0.25) is 4.40 Å². The number of aromatic nitrogens is 2. The molecule has 2 rings (SSSR count). The van der Waals surface area contributed by atoms with E-state index in [4.69, 9.17) is 5.73 Å². The van der Waals surface area contributed by atoms with Crippen molar-refractivity contribution in [3.63, 3.8) is 0 Å². The second-order valence-electron chi connectivity index (χ2n) is 4.32. The number of halogens is 2. The topological polar surface area (TPSA) is 43.3 Å². The van der Waals surface area contributed by atoms with Crippen molar-refractivity contribution in [2.75, 3.05) is 0 Å². The van der Waals surface area contributed by atoms with Crippen molar-refractivity contribution in [2.45, 2.75) is 26.3 Å². The van der Waals surface area contributed by atoms with Gasteiger partial charge in [0, 0.05) is 6.20 Å². The van der Waals surface area contributed by atoms with E-state index < -0.39 is 5.54 Å². The zero-order valence-corrected chi connectivity index (χ0v) is 10.3. The molecular weight excluding hydrogens is 229 g/mol. The Balaban J connectivity index is 0.00000128. The van der Waals surface area contributed by atoms with E-state index in [0.29, 0.717) is 17.0 Å². The zero-order valence-electron chi connectivity index (χ0n) is 9.49. The van der Waals surface area contributed by atoms with E-state index in [2.05, 4.69) is 4.98 Å². The predicted octanol–water partition coefficient (Wildman–Crippen LogP) is 2.40. The molecule has 0 aliphatic carbocycles. The summed E-state index contributed by atoms with van der Waals surface area (Å²) in [6.45, 7) is 5.49. The van der Waals surface area contributed by atoms with Crippen LogP contribution in [0.5, 0.6) is 0 Å². The Bertz CT molecular complexity index is 514. The molecule has 0 unspecified atom stereocenters. The van der Waals surface area contributed by atoms with Crippen LogP contribution in [-0.4, -0.2) is 9.38 Å². The minimum Gasteiger partial charge on any atom is -0.319 e. The normalized spacial score (nSPS) is 11.6. The molecule has 16 heavy (non-hydrogen) atoms. The van der Waals surface area contributed by atoms with Gasteiger partial charge in [-0.1, -0.05) is 0 Å². The average Bonchev–Trinajstić information content (AvgIpc) is 2.44. The molecule has 0 saturated heterocycles. The van der Waals surface area contributed by atoms with E-state index in [1.807, 2.05) is 13.8 Å². The number of imidazole rings is 1. The number of nitrogens with zero attached hydrogens (tertiary/aromatic N) is 2. The van der Waals surface area contributed by atoms with Crippen LogP contribution in [0.15, 0.2) is 18.3 Å². The lowest BCUT2D eigenvalue weighted by Gasteiger charge is -2.16. The van der Waals surface area contributed by atoms with E-state index >= 15 is 0 Å². The molecule has 3 nitrogen and oxygen atoms in total. The molecule has 2 aromatic heterocycles. The van der Waals surface area contributed by atoms with Gasteiger partial charge in [0.1, 0.15) is 17.2 Å². The van der Waals surface area contributed by atoms with Gasteiger partial charge in [-0.15, -0.1) is 12.4 Å². The summed E-state index contributed by atoms with van der Waals surface area (Å²) in [5.74, 6) is 0.410. The zero-order chi connectivity index (χ0) is 11.2. The Morgan fingerprint density at radius 2 is 2.06 bits per heavy atom. The van der Waals surface area contributed by atoms with Gasteiger partial charge in [0.2, 0.25) is 0 Å². The quantitative estimate of drug-likeness (QED) is 0.836. The highest BCUT2D eigenvalue weighted by atomic mass is 35.5. The Hall–Kier alpha value is -1.13. The molecular formula is C11H15ClFN3. The minimum absolute atomic E-state index is 0. The largest absolute Gasteiger partial charge is 0.319 e. The molecule has 5 heteroatoms. The molecule has 0 fully saturated rings. The highest BCUT2D eigenvalue weighted by Gasteiger charge is 2.22. The standard InChI is InChI=1S/C11H14FN3.ClH/c1-7-9-8(12)5-4-6-15(9)10(14-7)11(2,3)13;/h4-6H,13H2,1-3H3;1H. The number of nitrogens with two attached hydrogens (primary N) is 1. The first-order chi connectivity index (χ1) is 6.91.